The number of nitrogens with two attached hydrogens (primary N) is 1. The van der Waals surface area contributed by atoms with Crippen molar-refractivity contribution in [2.45, 2.75) is 32.4 Å². The maximum Gasteiger partial charge on any atom is 0.122 e. The van der Waals surface area contributed by atoms with E-state index in [1.54, 1.807) is 20.3 Å². The van der Waals surface area contributed by atoms with Gasteiger partial charge in [0.15, 0.2) is 0 Å². The van der Waals surface area contributed by atoms with Gasteiger partial charge in [0.05, 0.1) is 26.4 Å². The SMILES string of the molecule is COc1cc(OC)cc([C@H](N)[C@H](O)CC(C)C)c1.Cl. The van der Waals surface area contributed by atoms with Crippen molar-refractivity contribution in [3.63, 3.8) is 0 Å². The molecular formula is C14H24ClNO3. The Morgan fingerprint density at radius 3 is 1.95 bits per heavy atom. The molecule has 5 heteroatoms. The fourth-order valence-electron chi connectivity index (χ4n) is 1.87. The Morgan fingerprint density at radius 2 is 1.58 bits per heavy atom. The Labute approximate surface area is 121 Å². The molecule has 19 heavy (non-hydrogen) atoms. The third-order valence-corrected chi connectivity index (χ3v) is 2.89. The molecule has 1 aromatic carbocycles. The quantitative estimate of drug-likeness (QED) is 0.845. The van der Waals surface area contributed by atoms with Gasteiger partial charge in [0.1, 0.15) is 11.5 Å². The van der Waals surface area contributed by atoms with Crippen LogP contribution in [0.5, 0.6) is 11.5 Å². The predicted octanol–water partition coefficient (Wildman–Crippen LogP) is 2.53. The molecule has 0 fully saturated rings. The average molecular weight is 290 g/mol. The van der Waals surface area contributed by atoms with Gasteiger partial charge in [0, 0.05) is 6.07 Å². The molecule has 0 radical (unpaired) electrons. The molecule has 1 aromatic rings. The third-order valence-electron chi connectivity index (χ3n) is 2.89. The lowest BCUT2D eigenvalue weighted by molar-refractivity contribution is 0.121. The molecule has 0 heterocycles. The van der Waals surface area contributed by atoms with E-state index in [1.807, 2.05) is 12.1 Å². The molecule has 0 saturated carbocycles. The van der Waals surface area contributed by atoms with Gasteiger partial charge >= 0.3 is 0 Å². The number of benzene rings is 1. The zero-order valence-electron chi connectivity index (χ0n) is 11.9. The Balaban J connectivity index is 0.00000324. The number of hydrogen-bond acceptors (Lipinski definition) is 4. The minimum Gasteiger partial charge on any atom is -0.497 e. The number of aliphatic hydroxyl groups excluding tert-OH is 1. The first-order valence-corrected chi connectivity index (χ1v) is 6.14. The van der Waals surface area contributed by atoms with Gasteiger partial charge in [-0.15, -0.1) is 12.4 Å². The van der Waals surface area contributed by atoms with E-state index in [2.05, 4.69) is 13.8 Å². The molecule has 0 bridgehead atoms. The highest BCUT2D eigenvalue weighted by Crippen LogP contribution is 2.28. The molecule has 2 atom stereocenters. The van der Waals surface area contributed by atoms with Crippen molar-refractivity contribution >= 4 is 12.4 Å². The van der Waals surface area contributed by atoms with Crippen LogP contribution in [0.1, 0.15) is 31.9 Å². The van der Waals surface area contributed by atoms with E-state index in [4.69, 9.17) is 15.2 Å². The standard InChI is InChI=1S/C14H23NO3.ClH/c1-9(2)5-13(16)14(15)10-6-11(17-3)8-12(7-10)18-4;/h6-9,13-14,16H,5,15H2,1-4H3;1H/t13-,14+;/m1./s1. The van der Waals surface area contributed by atoms with Crippen molar-refractivity contribution in [1.82, 2.24) is 0 Å². The van der Waals surface area contributed by atoms with Crippen LogP contribution < -0.4 is 15.2 Å². The molecule has 0 aliphatic rings. The van der Waals surface area contributed by atoms with E-state index in [-0.39, 0.29) is 12.4 Å². The van der Waals surface area contributed by atoms with Crippen molar-refractivity contribution in [3.8, 4) is 11.5 Å². The lowest BCUT2D eigenvalue weighted by Gasteiger charge is -2.21. The van der Waals surface area contributed by atoms with Gasteiger partial charge in [0.2, 0.25) is 0 Å². The topological polar surface area (TPSA) is 64.7 Å². The van der Waals surface area contributed by atoms with Crippen molar-refractivity contribution in [1.29, 1.82) is 0 Å². The summed E-state index contributed by atoms with van der Waals surface area (Å²) in [6, 6.07) is 5.01. The smallest absolute Gasteiger partial charge is 0.122 e. The van der Waals surface area contributed by atoms with Gasteiger partial charge in [-0.25, -0.2) is 0 Å². The molecule has 3 N–H and O–H groups in total. The van der Waals surface area contributed by atoms with Crippen LogP contribution in [0.25, 0.3) is 0 Å². The molecular weight excluding hydrogens is 266 g/mol. The zero-order valence-corrected chi connectivity index (χ0v) is 12.7. The van der Waals surface area contributed by atoms with E-state index < -0.39 is 12.1 Å². The molecule has 0 amide bonds. The van der Waals surface area contributed by atoms with Crippen molar-refractivity contribution in [2.75, 3.05) is 14.2 Å². The summed E-state index contributed by atoms with van der Waals surface area (Å²) in [6.07, 6.45) is 0.0996. The Hall–Kier alpha value is -0.970. The van der Waals surface area contributed by atoms with Crippen molar-refractivity contribution in [3.05, 3.63) is 23.8 Å². The number of halogens is 1. The van der Waals surface area contributed by atoms with Crippen LogP contribution in [0, 0.1) is 5.92 Å². The lowest BCUT2D eigenvalue weighted by Crippen LogP contribution is -2.27. The molecule has 0 aliphatic carbocycles. The summed E-state index contributed by atoms with van der Waals surface area (Å²) in [5.74, 6) is 1.76. The average Bonchev–Trinajstić information content (AvgIpc) is 2.36. The van der Waals surface area contributed by atoms with Crippen LogP contribution >= 0.6 is 12.4 Å². The van der Waals surface area contributed by atoms with Crippen LogP contribution in [0.3, 0.4) is 0 Å². The van der Waals surface area contributed by atoms with Crippen molar-refractivity contribution in [2.24, 2.45) is 11.7 Å². The molecule has 4 nitrogen and oxygen atoms in total. The lowest BCUT2D eigenvalue weighted by atomic mass is 9.95. The molecule has 0 saturated heterocycles. The summed E-state index contributed by atoms with van der Waals surface area (Å²) >= 11 is 0. The summed E-state index contributed by atoms with van der Waals surface area (Å²) in [4.78, 5) is 0. The van der Waals surface area contributed by atoms with E-state index in [0.717, 1.165) is 5.56 Å². The number of ether oxygens (including phenoxy) is 2. The van der Waals surface area contributed by atoms with E-state index in [9.17, 15) is 5.11 Å². The van der Waals surface area contributed by atoms with Crippen LogP contribution in [-0.4, -0.2) is 25.4 Å². The minimum atomic E-state index is -0.568. The fraction of sp³-hybridized carbons (Fsp3) is 0.571. The maximum atomic E-state index is 10.1. The highest BCUT2D eigenvalue weighted by molar-refractivity contribution is 5.85. The van der Waals surface area contributed by atoms with Gasteiger partial charge in [-0.05, 0) is 30.0 Å². The number of rotatable bonds is 6. The van der Waals surface area contributed by atoms with E-state index >= 15 is 0 Å². The number of methoxy groups -OCH3 is 2. The Morgan fingerprint density at radius 1 is 1.11 bits per heavy atom. The Bertz CT molecular complexity index is 363. The van der Waals surface area contributed by atoms with Crippen LogP contribution in [0.15, 0.2) is 18.2 Å². The Kier molecular flexibility index (Phi) is 7.83. The molecule has 0 spiro atoms. The van der Waals surface area contributed by atoms with Gasteiger partial charge in [0.25, 0.3) is 0 Å². The minimum absolute atomic E-state index is 0. The van der Waals surface area contributed by atoms with E-state index in [0.29, 0.717) is 23.8 Å². The van der Waals surface area contributed by atoms with Crippen LogP contribution in [0.4, 0.5) is 0 Å². The summed E-state index contributed by atoms with van der Waals surface area (Å²) in [7, 11) is 3.18. The summed E-state index contributed by atoms with van der Waals surface area (Å²) < 4.78 is 10.4. The van der Waals surface area contributed by atoms with Gasteiger partial charge in [-0.2, -0.15) is 0 Å². The largest absolute Gasteiger partial charge is 0.497 e. The second-order valence-electron chi connectivity index (χ2n) is 4.87. The first-order valence-electron chi connectivity index (χ1n) is 6.14. The van der Waals surface area contributed by atoms with Crippen LogP contribution in [-0.2, 0) is 0 Å². The highest BCUT2D eigenvalue weighted by atomic mass is 35.5. The van der Waals surface area contributed by atoms with Crippen LogP contribution in [0.2, 0.25) is 0 Å². The highest BCUT2D eigenvalue weighted by Gasteiger charge is 2.19. The summed E-state index contributed by atoms with van der Waals surface area (Å²) in [5.41, 5.74) is 6.89. The molecule has 0 aliphatic heterocycles. The summed E-state index contributed by atoms with van der Waals surface area (Å²) in [6.45, 7) is 4.12. The molecule has 0 aromatic heterocycles. The van der Waals surface area contributed by atoms with E-state index in [1.165, 1.54) is 0 Å². The first-order chi connectivity index (χ1) is 8.47. The second kappa shape index (κ2) is 8.25. The molecule has 110 valence electrons. The van der Waals surface area contributed by atoms with Gasteiger partial charge < -0.3 is 20.3 Å². The fourth-order valence-corrected chi connectivity index (χ4v) is 1.87. The number of aliphatic hydroxyl groups is 1. The molecule has 1 rings (SSSR count). The zero-order chi connectivity index (χ0) is 13.7. The molecule has 0 unspecified atom stereocenters. The summed E-state index contributed by atoms with van der Waals surface area (Å²) in [5, 5.41) is 10.1. The second-order valence-corrected chi connectivity index (χ2v) is 4.87. The maximum absolute atomic E-state index is 10.1. The van der Waals surface area contributed by atoms with Crippen molar-refractivity contribution < 1.29 is 14.6 Å². The van der Waals surface area contributed by atoms with Gasteiger partial charge in [-0.1, -0.05) is 13.8 Å². The predicted molar refractivity (Wildman–Crippen MR) is 79.2 cm³/mol. The first kappa shape index (κ1) is 18.0. The third kappa shape index (κ3) is 5.27. The normalized spacial score (nSPS) is 13.6. The van der Waals surface area contributed by atoms with Gasteiger partial charge in [-0.3, -0.25) is 0 Å². The number of hydrogen-bond donors (Lipinski definition) is 2. The monoisotopic (exact) mass is 289 g/mol.